The van der Waals surface area contributed by atoms with Crippen LogP contribution in [0.4, 0.5) is 5.00 Å². The summed E-state index contributed by atoms with van der Waals surface area (Å²) in [5.74, 6) is -0.658. The number of carbonyl (C=O) groups is 2. The van der Waals surface area contributed by atoms with Crippen LogP contribution in [0.25, 0.3) is 10.1 Å². The molecule has 0 atom stereocenters. The number of rotatable bonds is 4. The van der Waals surface area contributed by atoms with E-state index in [1.54, 1.807) is 6.92 Å². The van der Waals surface area contributed by atoms with Gasteiger partial charge in [0, 0.05) is 15.0 Å². The first kappa shape index (κ1) is 18.5. The maximum Gasteiger partial charge on any atom is 0.341 e. The minimum absolute atomic E-state index is 0.288. The van der Waals surface area contributed by atoms with Crippen molar-refractivity contribution in [3.8, 4) is 0 Å². The van der Waals surface area contributed by atoms with E-state index in [0.717, 1.165) is 45.4 Å². The van der Waals surface area contributed by atoms with Crippen LogP contribution >= 0.6 is 34.3 Å². The number of aryl methyl sites for hydroxylation is 2. The highest BCUT2D eigenvalue weighted by atomic mass is 35.5. The van der Waals surface area contributed by atoms with Gasteiger partial charge in [0.25, 0.3) is 5.91 Å². The summed E-state index contributed by atoms with van der Waals surface area (Å²) in [5, 5.41) is 4.80. The van der Waals surface area contributed by atoms with E-state index in [4.69, 9.17) is 16.3 Å². The average molecular weight is 420 g/mol. The molecule has 1 aliphatic carbocycles. The Morgan fingerprint density at radius 1 is 1.26 bits per heavy atom. The molecule has 0 bridgehead atoms. The van der Waals surface area contributed by atoms with E-state index in [2.05, 4.69) is 5.32 Å². The van der Waals surface area contributed by atoms with Gasteiger partial charge < -0.3 is 10.1 Å². The second kappa shape index (κ2) is 7.26. The van der Waals surface area contributed by atoms with Crippen LogP contribution in [0.5, 0.6) is 0 Å². The van der Waals surface area contributed by atoms with Gasteiger partial charge in [0.05, 0.1) is 17.2 Å². The third-order valence-electron chi connectivity index (χ3n) is 4.62. The zero-order chi connectivity index (χ0) is 19.1. The Bertz CT molecular complexity index is 1070. The number of hydrogen-bond donors (Lipinski definition) is 1. The van der Waals surface area contributed by atoms with Gasteiger partial charge in [-0.2, -0.15) is 0 Å². The van der Waals surface area contributed by atoms with Crippen LogP contribution in [0.2, 0.25) is 5.02 Å². The minimum Gasteiger partial charge on any atom is -0.462 e. The Kier molecular flexibility index (Phi) is 4.97. The topological polar surface area (TPSA) is 55.4 Å². The van der Waals surface area contributed by atoms with E-state index in [9.17, 15) is 9.59 Å². The first-order chi connectivity index (χ1) is 13.0. The van der Waals surface area contributed by atoms with E-state index >= 15 is 0 Å². The molecule has 1 N–H and O–H groups in total. The molecule has 0 fully saturated rings. The lowest BCUT2D eigenvalue weighted by Gasteiger charge is -2.07. The number of anilines is 1. The van der Waals surface area contributed by atoms with Gasteiger partial charge in [0.2, 0.25) is 0 Å². The Hall–Kier alpha value is -1.89. The summed E-state index contributed by atoms with van der Waals surface area (Å²) in [6, 6.07) is 5.93. The molecule has 140 valence electrons. The average Bonchev–Trinajstić information content (AvgIpc) is 3.28. The monoisotopic (exact) mass is 419 g/mol. The van der Waals surface area contributed by atoms with Gasteiger partial charge in [-0.05, 0) is 50.3 Å². The predicted octanol–water partition coefficient (Wildman–Crippen LogP) is 5.84. The van der Waals surface area contributed by atoms with Crippen molar-refractivity contribution in [3.63, 3.8) is 0 Å². The normalized spacial score (nSPS) is 13.0. The highest BCUT2D eigenvalue weighted by molar-refractivity contribution is 7.22. The van der Waals surface area contributed by atoms with Gasteiger partial charge in [-0.3, -0.25) is 4.79 Å². The van der Waals surface area contributed by atoms with E-state index in [1.165, 1.54) is 22.7 Å². The second-order valence-corrected chi connectivity index (χ2v) is 9.02. The van der Waals surface area contributed by atoms with Crippen molar-refractivity contribution in [1.29, 1.82) is 0 Å². The molecule has 1 aromatic carbocycles. The van der Waals surface area contributed by atoms with Crippen molar-refractivity contribution >= 4 is 61.2 Å². The molecule has 0 spiro atoms. The molecule has 27 heavy (non-hydrogen) atoms. The van der Waals surface area contributed by atoms with Crippen LogP contribution in [0.3, 0.4) is 0 Å². The predicted molar refractivity (Wildman–Crippen MR) is 112 cm³/mol. The van der Waals surface area contributed by atoms with Crippen molar-refractivity contribution in [2.45, 2.75) is 33.1 Å². The second-order valence-electron chi connectivity index (χ2n) is 6.48. The summed E-state index contributed by atoms with van der Waals surface area (Å²) in [6.45, 7) is 4.09. The smallest absolute Gasteiger partial charge is 0.341 e. The van der Waals surface area contributed by atoms with E-state index in [0.29, 0.717) is 27.1 Å². The maximum atomic E-state index is 12.9. The number of amides is 1. The Morgan fingerprint density at radius 2 is 2.07 bits per heavy atom. The number of thiophene rings is 2. The zero-order valence-corrected chi connectivity index (χ0v) is 17.4. The number of carbonyl (C=O) groups excluding carboxylic acids is 2. The number of nitrogens with one attached hydrogen (secondary N) is 1. The molecule has 7 heteroatoms. The summed E-state index contributed by atoms with van der Waals surface area (Å²) in [6.07, 6.45) is 2.81. The van der Waals surface area contributed by atoms with Gasteiger partial charge in [0.1, 0.15) is 9.88 Å². The van der Waals surface area contributed by atoms with Gasteiger partial charge in [-0.25, -0.2) is 4.79 Å². The third-order valence-corrected chi connectivity index (χ3v) is 7.48. The van der Waals surface area contributed by atoms with Crippen LogP contribution in [-0.2, 0) is 17.6 Å². The first-order valence-corrected chi connectivity index (χ1v) is 10.8. The third kappa shape index (κ3) is 3.26. The molecule has 1 amide bonds. The summed E-state index contributed by atoms with van der Waals surface area (Å²) in [4.78, 5) is 27.0. The van der Waals surface area contributed by atoms with Gasteiger partial charge >= 0.3 is 5.97 Å². The van der Waals surface area contributed by atoms with E-state index in [1.807, 2.05) is 25.1 Å². The highest BCUT2D eigenvalue weighted by Gasteiger charge is 2.29. The molecule has 2 aromatic heterocycles. The molecule has 0 saturated carbocycles. The summed E-state index contributed by atoms with van der Waals surface area (Å²) < 4.78 is 6.19. The van der Waals surface area contributed by atoms with E-state index in [-0.39, 0.29) is 11.9 Å². The summed E-state index contributed by atoms with van der Waals surface area (Å²) in [7, 11) is 0. The minimum atomic E-state index is -0.370. The van der Waals surface area contributed by atoms with Gasteiger partial charge in [-0.1, -0.05) is 23.7 Å². The fraction of sp³-hybridized carbons (Fsp3) is 0.300. The van der Waals surface area contributed by atoms with Gasteiger partial charge in [0.15, 0.2) is 0 Å². The van der Waals surface area contributed by atoms with Crippen molar-refractivity contribution < 1.29 is 14.3 Å². The van der Waals surface area contributed by atoms with Crippen LogP contribution in [-0.4, -0.2) is 18.5 Å². The number of hydrogen-bond acceptors (Lipinski definition) is 5. The molecule has 0 saturated heterocycles. The molecule has 4 nitrogen and oxygen atoms in total. The maximum absolute atomic E-state index is 12.9. The number of halogens is 1. The van der Waals surface area contributed by atoms with Crippen molar-refractivity contribution in [1.82, 2.24) is 0 Å². The Balaban J connectivity index is 1.70. The molecule has 4 rings (SSSR count). The lowest BCUT2D eigenvalue weighted by molar-refractivity contribution is 0.0527. The largest absolute Gasteiger partial charge is 0.462 e. The quantitative estimate of drug-likeness (QED) is 0.540. The van der Waals surface area contributed by atoms with Crippen molar-refractivity contribution in [2.24, 2.45) is 0 Å². The van der Waals surface area contributed by atoms with E-state index < -0.39 is 0 Å². The van der Waals surface area contributed by atoms with Crippen LogP contribution in [0.1, 0.15) is 49.4 Å². The Morgan fingerprint density at radius 3 is 2.85 bits per heavy atom. The fourth-order valence-corrected chi connectivity index (χ4v) is 6.17. The summed E-state index contributed by atoms with van der Waals surface area (Å²) in [5.41, 5.74) is 2.65. The molecular weight excluding hydrogens is 402 g/mol. The van der Waals surface area contributed by atoms with Crippen LogP contribution in [0.15, 0.2) is 18.2 Å². The standard InChI is InChI=1S/C20H18ClNO3S2/c1-3-25-20(24)15-11-5-4-6-13(11)27-19(15)22-18(23)17-16(21)12-8-7-10(2)9-14(12)26-17/h7-9H,3-6H2,1-2H3,(H,22,23). The number of fused-ring (bicyclic) bond motifs is 2. The van der Waals surface area contributed by atoms with Crippen LogP contribution < -0.4 is 5.32 Å². The van der Waals surface area contributed by atoms with Crippen molar-refractivity contribution in [3.05, 3.63) is 49.7 Å². The van der Waals surface area contributed by atoms with Crippen molar-refractivity contribution in [2.75, 3.05) is 11.9 Å². The highest BCUT2D eigenvalue weighted by Crippen LogP contribution is 2.41. The SMILES string of the molecule is CCOC(=O)c1c(NC(=O)c2sc3cc(C)ccc3c2Cl)sc2c1CCC2. The lowest BCUT2D eigenvalue weighted by atomic mass is 10.1. The lowest BCUT2D eigenvalue weighted by Crippen LogP contribution is -2.14. The molecular formula is C20H18ClNO3S2. The molecule has 0 radical (unpaired) electrons. The molecule has 0 aliphatic heterocycles. The first-order valence-electron chi connectivity index (χ1n) is 8.81. The van der Waals surface area contributed by atoms with Crippen LogP contribution in [0, 0.1) is 6.92 Å². The van der Waals surface area contributed by atoms with Gasteiger partial charge in [-0.15, -0.1) is 22.7 Å². The molecule has 1 aliphatic rings. The summed E-state index contributed by atoms with van der Waals surface area (Å²) >= 11 is 9.29. The zero-order valence-electron chi connectivity index (χ0n) is 15.0. The molecule has 3 aromatic rings. The molecule has 2 heterocycles. The Labute approximate surface area is 170 Å². The number of ether oxygens (including phenoxy) is 1. The number of esters is 1. The number of benzene rings is 1. The molecule has 0 unspecified atom stereocenters. The fourth-order valence-electron chi connectivity index (χ4n) is 3.39.